The van der Waals surface area contributed by atoms with Gasteiger partial charge in [-0.3, -0.25) is 18.9 Å². The molecule has 1 heterocycles. The van der Waals surface area contributed by atoms with Gasteiger partial charge in [-0.15, -0.1) is 0 Å². The van der Waals surface area contributed by atoms with E-state index in [4.69, 9.17) is 9.05 Å². The lowest BCUT2D eigenvalue weighted by molar-refractivity contribution is 0.190. The fourth-order valence-electron chi connectivity index (χ4n) is 3.63. The molecule has 0 fully saturated rings. The molecule has 1 atom stereocenters. The molecule has 1 N–H and O–H groups in total. The minimum absolute atomic E-state index is 0.0509. The predicted octanol–water partition coefficient (Wildman–Crippen LogP) is 4.64. The van der Waals surface area contributed by atoms with Crippen molar-refractivity contribution in [2.24, 2.45) is 0 Å². The first-order valence-corrected chi connectivity index (χ1v) is 14.5. The molecule has 0 saturated heterocycles. The van der Waals surface area contributed by atoms with Gasteiger partial charge in [-0.05, 0) is 30.2 Å². The molecule has 3 aromatic carbocycles. The van der Waals surface area contributed by atoms with E-state index in [0.717, 1.165) is 11.1 Å². The summed E-state index contributed by atoms with van der Waals surface area (Å²) in [7, 11) is -3.74. The lowest BCUT2D eigenvalue weighted by Gasteiger charge is -2.21. The van der Waals surface area contributed by atoms with Crippen LogP contribution in [-0.2, 0) is 44.5 Å². The summed E-state index contributed by atoms with van der Waals surface area (Å²) in [6.45, 7) is 1.47. The third kappa shape index (κ3) is 6.97. The first-order chi connectivity index (χ1) is 17.9. The van der Waals surface area contributed by atoms with Gasteiger partial charge < -0.3 is 13.6 Å². The van der Waals surface area contributed by atoms with E-state index < -0.39 is 30.0 Å². The SMILES string of the molecule is Cc1c([S+]([O-])c2ccccc2)n(CCP(=O)(OCc2ccccc2)OCc2ccccc2)c(=O)[nH]c1=O. The van der Waals surface area contributed by atoms with E-state index in [1.54, 1.807) is 30.3 Å². The number of aromatic amines is 1. The van der Waals surface area contributed by atoms with Crippen molar-refractivity contribution in [3.05, 3.63) is 129 Å². The molecule has 8 nitrogen and oxygen atoms in total. The maximum absolute atomic E-state index is 13.8. The van der Waals surface area contributed by atoms with Crippen LogP contribution in [0.15, 0.2) is 111 Å². The molecule has 37 heavy (non-hydrogen) atoms. The Labute approximate surface area is 217 Å². The van der Waals surface area contributed by atoms with Crippen LogP contribution in [0.5, 0.6) is 0 Å². The highest BCUT2D eigenvalue weighted by Gasteiger charge is 2.30. The van der Waals surface area contributed by atoms with Gasteiger partial charge >= 0.3 is 13.3 Å². The van der Waals surface area contributed by atoms with Crippen molar-refractivity contribution in [3.63, 3.8) is 0 Å². The molecule has 192 valence electrons. The molecule has 0 aliphatic heterocycles. The van der Waals surface area contributed by atoms with E-state index in [0.29, 0.717) is 4.90 Å². The number of nitrogens with one attached hydrogen (secondary N) is 1. The van der Waals surface area contributed by atoms with Gasteiger partial charge in [0, 0.05) is 17.7 Å². The van der Waals surface area contributed by atoms with Crippen LogP contribution in [0.25, 0.3) is 0 Å². The smallest absolute Gasteiger partial charge is 0.333 e. The zero-order valence-corrected chi connectivity index (χ0v) is 22.0. The summed E-state index contributed by atoms with van der Waals surface area (Å²) in [5.41, 5.74) is 0.409. The van der Waals surface area contributed by atoms with E-state index in [2.05, 4.69) is 4.98 Å². The van der Waals surface area contributed by atoms with E-state index in [1.807, 2.05) is 60.7 Å². The van der Waals surface area contributed by atoms with Gasteiger partial charge in [0.2, 0.25) is 5.03 Å². The van der Waals surface area contributed by atoms with Crippen molar-refractivity contribution in [1.82, 2.24) is 9.55 Å². The molecule has 1 aromatic heterocycles. The monoisotopic (exact) mass is 538 g/mol. The van der Waals surface area contributed by atoms with Crippen LogP contribution in [0, 0.1) is 6.92 Å². The van der Waals surface area contributed by atoms with E-state index >= 15 is 0 Å². The van der Waals surface area contributed by atoms with E-state index in [1.165, 1.54) is 11.5 Å². The molecule has 0 aliphatic rings. The van der Waals surface area contributed by atoms with Crippen molar-refractivity contribution in [1.29, 1.82) is 0 Å². The van der Waals surface area contributed by atoms with Gasteiger partial charge in [0.25, 0.3) is 5.56 Å². The summed E-state index contributed by atoms with van der Waals surface area (Å²) < 4.78 is 40.0. The minimum Gasteiger partial charge on any atom is -0.605 e. The zero-order valence-electron chi connectivity index (χ0n) is 20.2. The third-order valence-electron chi connectivity index (χ3n) is 5.64. The van der Waals surface area contributed by atoms with E-state index in [-0.39, 0.29) is 36.5 Å². The van der Waals surface area contributed by atoms with Crippen LogP contribution in [0.2, 0.25) is 0 Å². The lowest BCUT2D eigenvalue weighted by Crippen LogP contribution is -2.36. The molecule has 0 saturated carbocycles. The fourth-order valence-corrected chi connectivity index (χ4v) is 6.47. The number of nitrogens with zero attached hydrogens (tertiary/aromatic N) is 1. The van der Waals surface area contributed by atoms with Crippen LogP contribution < -0.4 is 11.2 Å². The first kappa shape index (κ1) is 26.9. The van der Waals surface area contributed by atoms with E-state index in [9.17, 15) is 18.7 Å². The van der Waals surface area contributed by atoms with Gasteiger partial charge in [-0.1, -0.05) is 78.9 Å². The van der Waals surface area contributed by atoms with Crippen molar-refractivity contribution in [2.75, 3.05) is 6.16 Å². The average molecular weight is 539 g/mol. The van der Waals surface area contributed by atoms with Crippen LogP contribution >= 0.6 is 7.60 Å². The molecular formula is C27H27N2O6PS. The Morgan fingerprint density at radius 1 is 0.838 bits per heavy atom. The Morgan fingerprint density at radius 2 is 1.32 bits per heavy atom. The standard InChI is InChI=1S/C27H27N2O6PS/c1-21-25(30)28-27(31)29(26(21)37(33)24-15-9-4-10-16-24)17-18-36(32,34-19-22-11-5-2-6-12-22)35-20-23-13-7-3-8-14-23/h2-16H,17-20H2,1H3,(H,28,30,31). The Bertz CT molecular complexity index is 1430. The van der Waals surface area contributed by atoms with Crippen molar-refractivity contribution >= 4 is 18.8 Å². The van der Waals surface area contributed by atoms with Crippen molar-refractivity contribution in [2.45, 2.75) is 36.6 Å². The molecule has 4 rings (SSSR count). The molecular weight excluding hydrogens is 511 g/mol. The number of benzene rings is 3. The molecule has 4 aromatic rings. The number of H-pyrrole nitrogens is 1. The van der Waals surface area contributed by atoms with Crippen molar-refractivity contribution in [3.8, 4) is 0 Å². The largest absolute Gasteiger partial charge is 0.605 e. The summed E-state index contributed by atoms with van der Waals surface area (Å²) in [4.78, 5) is 27.9. The molecule has 0 radical (unpaired) electrons. The van der Waals surface area contributed by atoms with Crippen molar-refractivity contribution < 1.29 is 18.2 Å². The van der Waals surface area contributed by atoms with Crippen LogP contribution in [0.1, 0.15) is 16.7 Å². The highest BCUT2D eigenvalue weighted by molar-refractivity contribution is 7.91. The summed E-state index contributed by atoms with van der Waals surface area (Å²) in [6, 6.07) is 27.1. The topological polar surface area (TPSA) is 113 Å². The predicted molar refractivity (Wildman–Crippen MR) is 142 cm³/mol. The van der Waals surface area contributed by atoms with Crippen LogP contribution in [0.3, 0.4) is 0 Å². The fraction of sp³-hybridized carbons (Fsp3) is 0.185. The van der Waals surface area contributed by atoms with Crippen LogP contribution in [-0.4, -0.2) is 20.3 Å². The molecule has 0 spiro atoms. The van der Waals surface area contributed by atoms with Gasteiger partial charge in [-0.2, -0.15) is 0 Å². The summed E-state index contributed by atoms with van der Waals surface area (Å²) in [5, 5.41) is 0.0534. The maximum Gasteiger partial charge on any atom is 0.333 e. The molecule has 1 unspecified atom stereocenters. The number of aromatic nitrogens is 2. The van der Waals surface area contributed by atoms with Gasteiger partial charge in [-0.25, -0.2) is 4.79 Å². The Kier molecular flexibility index (Phi) is 8.97. The second kappa shape index (κ2) is 12.4. The Balaban J connectivity index is 1.62. The minimum atomic E-state index is -3.74. The highest BCUT2D eigenvalue weighted by Crippen LogP contribution is 2.50. The van der Waals surface area contributed by atoms with Gasteiger partial charge in [0.05, 0.1) is 24.9 Å². The normalized spacial score (nSPS) is 12.4. The Morgan fingerprint density at radius 3 is 1.84 bits per heavy atom. The summed E-state index contributed by atoms with van der Waals surface area (Å²) in [5.74, 6) is 0. The summed E-state index contributed by atoms with van der Waals surface area (Å²) in [6.07, 6.45) is -0.170. The Hall–Kier alpha value is -3.20. The second-order valence-electron chi connectivity index (χ2n) is 8.28. The van der Waals surface area contributed by atoms with Gasteiger partial charge in [0.15, 0.2) is 4.90 Å². The lowest BCUT2D eigenvalue weighted by atomic mass is 10.2. The zero-order chi connectivity index (χ0) is 26.3. The van der Waals surface area contributed by atoms with Crippen LogP contribution in [0.4, 0.5) is 0 Å². The summed E-state index contributed by atoms with van der Waals surface area (Å²) >= 11 is -1.81. The highest BCUT2D eigenvalue weighted by atomic mass is 32.2. The molecule has 0 aliphatic carbocycles. The molecule has 10 heteroatoms. The third-order valence-corrected chi connectivity index (χ3v) is 9.01. The number of hydrogen-bond acceptors (Lipinski definition) is 6. The first-order valence-electron chi connectivity index (χ1n) is 11.6. The quantitative estimate of drug-likeness (QED) is 0.169. The maximum atomic E-state index is 13.8. The number of hydrogen-bond donors (Lipinski definition) is 1. The molecule has 0 bridgehead atoms. The molecule has 0 amide bonds. The number of rotatable bonds is 11. The second-order valence-corrected chi connectivity index (χ2v) is 11.9. The van der Waals surface area contributed by atoms with Gasteiger partial charge in [0.1, 0.15) is 0 Å². The average Bonchev–Trinajstić information content (AvgIpc) is 2.93.